The molecule has 1 aliphatic heterocycles. The van der Waals surface area contributed by atoms with Crippen LogP contribution in [0.25, 0.3) is 0 Å². The van der Waals surface area contributed by atoms with Gasteiger partial charge in [0.25, 0.3) is 0 Å². The zero-order valence-corrected chi connectivity index (χ0v) is 18.9. The summed E-state index contributed by atoms with van der Waals surface area (Å²) in [5.74, 6) is 1.69. The number of hydrogen-bond acceptors (Lipinski definition) is 3. The first-order valence-electron chi connectivity index (χ1n) is 9.19. The highest BCUT2D eigenvalue weighted by molar-refractivity contribution is 14.0. The van der Waals surface area contributed by atoms with Crippen molar-refractivity contribution in [1.29, 1.82) is 0 Å². The second-order valence-corrected chi connectivity index (χ2v) is 7.44. The summed E-state index contributed by atoms with van der Waals surface area (Å²) in [6, 6.07) is 0.445. The third-order valence-electron chi connectivity index (χ3n) is 4.81. The van der Waals surface area contributed by atoms with Crippen LogP contribution in [0.1, 0.15) is 53.4 Å². The molecule has 0 aromatic heterocycles. The van der Waals surface area contributed by atoms with E-state index in [0.29, 0.717) is 6.04 Å². The maximum Gasteiger partial charge on any atom is 0.191 e. The zero-order valence-electron chi connectivity index (χ0n) is 16.5. The van der Waals surface area contributed by atoms with E-state index in [1.165, 1.54) is 12.8 Å². The minimum absolute atomic E-state index is 0. The van der Waals surface area contributed by atoms with Crippen molar-refractivity contribution in [2.75, 3.05) is 40.4 Å². The topological polar surface area (TPSA) is 48.9 Å². The van der Waals surface area contributed by atoms with Crippen molar-refractivity contribution < 1.29 is 4.74 Å². The molecule has 1 atom stereocenters. The number of rotatable bonds is 8. The summed E-state index contributed by atoms with van der Waals surface area (Å²) in [5.41, 5.74) is 0.127. The fourth-order valence-electron chi connectivity index (χ4n) is 2.93. The molecule has 0 amide bonds. The van der Waals surface area contributed by atoms with Crippen LogP contribution in [-0.2, 0) is 4.74 Å². The van der Waals surface area contributed by atoms with Gasteiger partial charge in [0.15, 0.2) is 5.96 Å². The van der Waals surface area contributed by atoms with Crippen LogP contribution in [0.15, 0.2) is 4.99 Å². The molecular formula is C18H39IN4O. The Kier molecular flexibility index (Phi) is 12.3. The van der Waals surface area contributed by atoms with Gasteiger partial charge < -0.3 is 20.3 Å². The van der Waals surface area contributed by atoms with Crippen LogP contribution >= 0.6 is 24.0 Å². The predicted molar refractivity (Wildman–Crippen MR) is 115 cm³/mol. The Bertz CT molecular complexity index is 355. The van der Waals surface area contributed by atoms with Crippen molar-refractivity contribution in [2.45, 2.75) is 65.0 Å². The monoisotopic (exact) mass is 454 g/mol. The Morgan fingerprint density at radius 3 is 2.29 bits per heavy atom. The number of likely N-dealkylation sites (N-methyl/N-ethyl adjacent to an activating group) is 1. The number of aliphatic imine (C=N–C) groups is 1. The maximum atomic E-state index is 5.54. The predicted octanol–water partition coefficient (Wildman–Crippen LogP) is 3.10. The van der Waals surface area contributed by atoms with Crippen LogP contribution < -0.4 is 10.6 Å². The minimum atomic E-state index is 0. The number of ether oxygens (including phenoxy) is 1. The van der Waals surface area contributed by atoms with Gasteiger partial charge in [-0.25, -0.2) is 0 Å². The van der Waals surface area contributed by atoms with Gasteiger partial charge in [0.1, 0.15) is 0 Å². The van der Waals surface area contributed by atoms with Gasteiger partial charge in [-0.15, -0.1) is 24.0 Å². The molecule has 5 nitrogen and oxygen atoms in total. The number of nitrogens with zero attached hydrogens (tertiary/aromatic N) is 2. The number of hydrogen-bond donors (Lipinski definition) is 2. The van der Waals surface area contributed by atoms with Crippen LogP contribution in [0.2, 0.25) is 0 Å². The lowest BCUT2D eigenvalue weighted by Crippen LogP contribution is -2.52. The molecule has 2 N–H and O–H groups in total. The van der Waals surface area contributed by atoms with E-state index >= 15 is 0 Å². The summed E-state index contributed by atoms with van der Waals surface area (Å²) in [6.45, 7) is 12.3. The van der Waals surface area contributed by atoms with E-state index in [-0.39, 0.29) is 29.5 Å². The molecule has 0 aromatic carbocycles. The van der Waals surface area contributed by atoms with Gasteiger partial charge in [0.05, 0.1) is 6.54 Å². The Hall–Kier alpha value is -0.0800. The number of guanidine groups is 1. The van der Waals surface area contributed by atoms with Gasteiger partial charge in [-0.3, -0.25) is 4.99 Å². The normalized spacial score (nSPS) is 19.1. The summed E-state index contributed by atoms with van der Waals surface area (Å²) in [4.78, 5) is 7.22. The summed E-state index contributed by atoms with van der Waals surface area (Å²) < 4.78 is 5.54. The summed E-state index contributed by atoms with van der Waals surface area (Å²) in [5, 5.41) is 6.94. The summed E-state index contributed by atoms with van der Waals surface area (Å²) in [6.07, 6.45) is 4.51. The molecule has 0 saturated carbocycles. The Morgan fingerprint density at radius 2 is 1.79 bits per heavy atom. The molecule has 0 aromatic rings. The Labute approximate surface area is 166 Å². The molecule has 144 valence electrons. The van der Waals surface area contributed by atoms with Crippen LogP contribution in [0, 0.1) is 5.92 Å². The van der Waals surface area contributed by atoms with Crippen molar-refractivity contribution in [3.63, 3.8) is 0 Å². The van der Waals surface area contributed by atoms with Crippen LogP contribution in [0.4, 0.5) is 0 Å². The van der Waals surface area contributed by atoms with Gasteiger partial charge in [-0.2, -0.15) is 0 Å². The van der Waals surface area contributed by atoms with Crippen molar-refractivity contribution in [1.82, 2.24) is 15.5 Å². The molecule has 1 rings (SSSR count). The van der Waals surface area contributed by atoms with Gasteiger partial charge in [0.2, 0.25) is 0 Å². The lowest BCUT2D eigenvalue weighted by atomic mass is 9.89. The van der Waals surface area contributed by atoms with Crippen LogP contribution in [0.5, 0.6) is 0 Å². The maximum absolute atomic E-state index is 5.54. The molecular weight excluding hydrogens is 415 g/mol. The molecule has 1 aliphatic rings. The van der Waals surface area contributed by atoms with E-state index in [9.17, 15) is 0 Å². The standard InChI is InChI=1S/C18H38N4O.HI/c1-7-19-17(21-16(4)9-8-15(2)3)20-14-18(22(5)6)10-12-23-13-11-18;/h15-16H,7-14H2,1-6H3,(H2,19,20,21);1H. The third-order valence-corrected chi connectivity index (χ3v) is 4.81. The van der Waals surface area contributed by atoms with Gasteiger partial charge >= 0.3 is 0 Å². The molecule has 0 aliphatic carbocycles. The minimum Gasteiger partial charge on any atom is -0.381 e. The Balaban J connectivity index is 0.00000529. The SMILES string of the molecule is CCNC(=NCC1(N(C)C)CCOCC1)NC(C)CCC(C)C.I. The first kappa shape index (κ1) is 23.9. The molecule has 1 heterocycles. The van der Waals surface area contributed by atoms with Gasteiger partial charge in [-0.05, 0) is 59.5 Å². The lowest BCUT2D eigenvalue weighted by molar-refractivity contribution is -0.00255. The third kappa shape index (κ3) is 8.34. The first-order valence-corrected chi connectivity index (χ1v) is 9.19. The quantitative estimate of drug-likeness (QED) is 0.336. The molecule has 0 bridgehead atoms. The van der Waals surface area contributed by atoms with Crippen molar-refractivity contribution >= 4 is 29.9 Å². The molecule has 1 saturated heterocycles. The highest BCUT2D eigenvalue weighted by Gasteiger charge is 2.34. The number of nitrogens with one attached hydrogen (secondary N) is 2. The fraction of sp³-hybridized carbons (Fsp3) is 0.944. The molecule has 0 spiro atoms. The van der Waals surface area contributed by atoms with Crippen molar-refractivity contribution in [3.05, 3.63) is 0 Å². The van der Waals surface area contributed by atoms with Crippen LogP contribution in [-0.4, -0.2) is 62.8 Å². The highest BCUT2D eigenvalue weighted by Crippen LogP contribution is 2.26. The van der Waals surface area contributed by atoms with E-state index in [4.69, 9.17) is 9.73 Å². The Morgan fingerprint density at radius 1 is 1.17 bits per heavy atom. The van der Waals surface area contributed by atoms with Gasteiger partial charge in [-0.1, -0.05) is 13.8 Å². The zero-order chi connectivity index (χ0) is 17.3. The van der Waals surface area contributed by atoms with Crippen molar-refractivity contribution in [3.8, 4) is 0 Å². The van der Waals surface area contributed by atoms with Gasteiger partial charge in [0, 0.05) is 31.3 Å². The smallest absolute Gasteiger partial charge is 0.191 e. The van der Waals surface area contributed by atoms with E-state index in [0.717, 1.165) is 51.0 Å². The summed E-state index contributed by atoms with van der Waals surface area (Å²) in [7, 11) is 4.32. The van der Waals surface area contributed by atoms with E-state index in [1.54, 1.807) is 0 Å². The first-order chi connectivity index (χ1) is 10.9. The molecule has 6 heteroatoms. The van der Waals surface area contributed by atoms with E-state index < -0.39 is 0 Å². The molecule has 0 radical (unpaired) electrons. The lowest BCUT2D eigenvalue weighted by Gasteiger charge is -2.41. The van der Waals surface area contributed by atoms with Crippen LogP contribution in [0.3, 0.4) is 0 Å². The summed E-state index contributed by atoms with van der Waals surface area (Å²) >= 11 is 0. The largest absolute Gasteiger partial charge is 0.381 e. The number of halogens is 1. The molecule has 1 fully saturated rings. The molecule has 1 unspecified atom stereocenters. The second-order valence-electron chi connectivity index (χ2n) is 7.44. The second kappa shape index (κ2) is 12.3. The van der Waals surface area contributed by atoms with E-state index in [2.05, 4.69) is 57.3 Å². The van der Waals surface area contributed by atoms with Crippen molar-refractivity contribution in [2.24, 2.45) is 10.9 Å². The fourth-order valence-corrected chi connectivity index (χ4v) is 2.93. The average molecular weight is 454 g/mol. The molecule has 24 heavy (non-hydrogen) atoms. The average Bonchev–Trinajstić information content (AvgIpc) is 2.51. The van der Waals surface area contributed by atoms with E-state index in [1.807, 2.05) is 0 Å². The highest BCUT2D eigenvalue weighted by atomic mass is 127.